The molecule has 6 heteroatoms. The topological polar surface area (TPSA) is 73.0 Å². The third-order valence-corrected chi connectivity index (χ3v) is 2.96. The highest BCUT2D eigenvalue weighted by atomic mass is 16.5. The van der Waals surface area contributed by atoms with Gasteiger partial charge in [0.15, 0.2) is 0 Å². The van der Waals surface area contributed by atoms with Crippen molar-refractivity contribution in [2.75, 3.05) is 0 Å². The molecule has 3 rings (SSSR count). The monoisotopic (exact) mass is 282 g/mol. The molecule has 21 heavy (non-hydrogen) atoms. The normalized spacial score (nSPS) is 10.5. The Labute approximate surface area is 121 Å². The van der Waals surface area contributed by atoms with Crippen molar-refractivity contribution >= 4 is 5.91 Å². The van der Waals surface area contributed by atoms with Crippen LogP contribution in [0.2, 0.25) is 0 Å². The number of nitrogens with one attached hydrogen (secondary N) is 1. The Kier molecular flexibility index (Phi) is 3.51. The first-order valence-corrected chi connectivity index (χ1v) is 6.53. The summed E-state index contributed by atoms with van der Waals surface area (Å²) in [5, 5.41) is 10.7. The number of hydrogen-bond acceptors (Lipinski definition) is 4. The highest BCUT2D eigenvalue weighted by Crippen LogP contribution is 2.08. The van der Waals surface area contributed by atoms with Gasteiger partial charge in [-0.15, -0.1) is 0 Å². The number of aryl methyl sites for hydroxylation is 1. The lowest BCUT2D eigenvalue weighted by molar-refractivity contribution is 0.0914. The molecule has 0 aliphatic carbocycles. The van der Waals surface area contributed by atoms with Gasteiger partial charge in [0, 0.05) is 24.4 Å². The first-order chi connectivity index (χ1) is 10.2. The van der Waals surface area contributed by atoms with Gasteiger partial charge in [-0.1, -0.05) is 23.4 Å². The van der Waals surface area contributed by atoms with Crippen LogP contribution in [0.1, 0.15) is 21.8 Å². The summed E-state index contributed by atoms with van der Waals surface area (Å²) in [4.78, 5) is 11.8. The van der Waals surface area contributed by atoms with Gasteiger partial charge < -0.3 is 9.84 Å². The van der Waals surface area contributed by atoms with Crippen LogP contribution in [0.25, 0.3) is 5.69 Å². The van der Waals surface area contributed by atoms with Crippen LogP contribution < -0.4 is 5.32 Å². The Bertz CT molecular complexity index is 746. The van der Waals surface area contributed by atoms with Crippen molar-refractivity contribution in [2.24, 2.45) is 0 Å². The molecular formula is C15H14N4O2. The number of hydrogen-bond donors (Lipinski definition) is 1. The maximum absolute atomic E-state index is 11.8. The van der Waals surface area contributed by atoms with E-state index in [4.69, 9.17) is 4.52 Å². The molecule has 0 fully saturated rings. The average molecular weight is 282 g/mol. The summed E-state index contributed by atoms with van der Waals surface area (Å²) in [5.74, 6) is -0.0778. The van der Waals surface area contributed by atoms with Crippen molar-refractivity contribution in [2.45, 2.75) is 13.5 Å². The van der Waals surface area contributed by atoms with Crippen LogP contribution in [0.4, 0.5) is 0 Å². The van der Waals surface area contributed by atoms with Gasteiger partial charge in [0.05, 0.1) is 17.6 Å². The fraction of sp³-hybridized carbons (Fsp3) is 0.133. The summed E-state index contributed by atoms with van der Waals surface area (Å²) >= 11 is 0. The Morgan fingerprint density at radius 3 is 2.86 bits per heavy atom. The first kappa shape index (κ1) is 13.1. The van der Waals surface area contributed by atoms with E-state index in [9.17, 15) is 4.79 Å². The number of amides is 1. The molecule has 0 aliphatic heterocycles. The fourth-order valence-corrected chi connectivity index (χ4v) is 1.91. The number of aromatic nitrogens is 3. The lowest BCUT2D eigenvalue weighted by atomic mass is 10.3. The first-order valence-electron chi connectivity index (χ1n) is 6.53. The smallest absolute Gasteiger partial charge is 0.290 e. The molecule has 0 aliphatic rings. The van der Waals surface area contributed by atoms with Crippen molar-refractivity contribution in [3.63, 3.8) is 0 Å². The summed E-state index contributed by atoms with van der Waals surface area (Å²) in [7, 11) is 0. The maximum Gasteiger partial charge on any atom is 0.290 e. The summed E-state index contributed by atoms with van der Waals surface area (Å²) in [6, 6.07) is 11.4. The third kappa shape index (κ3) is 3.00. The number of para-hydroxylation sites is 1. The second-order valence-electron chi connectivity index (χ2n) is 4.64. The van der Waals surface area contributed by atoms with E-state index in [-0.39, 0.29) is 11.7 Å². The zero-order valence-electron chi connectivity index (χ0n) is 11.5. The number of rotatable bonds is 4. The Hall–Kier alpha value is -2.89. The van der Waals surface area contributed by atoms with E-state index in [1.54, 1.807) is 23.9 Å². The molecule has 0 saturated carbocycles. The lowest BCUT2D eigenvalue weighted by Gasteiger charge is -2.00. The SMILES string of the molecule is Cc1cc(C(=O)NCc2cnn(-c3ccccc3)c2)on1. The van der Waals surface area contributed by atoms with Crippen LogP contribution in [-0.4, -0.2) is 20.8 Å². The van der Waals surface area contributed by atoms with E-state index in [1.165, 1.54) is 0 Å². The zero-order chi connectivity index (χ0) is 14.7. The molecule has 0 atom stereocenters. The van der Waals surface area contributed by atoms with Crippen LogP contribution in [0.15, 0.2) is 53.3 Å². The number of carbonyl (C=O) groups is 1. The molecule has 0 spiro atoms. The summed E-state index contributed by atoms with van der Waals surface area (Å²) in [6.07, 6.45) is 3.60. The fourth-order valence-electron chi connectivity index (χ4n) is 1.91. The minimum atomic E-state index is -0.289. The van der Waals surface area contributed by atoms with Crippen LogP contribution >= 0.6 is 0 Å². The van der Waals surface area contributed by atoms with Crippen LogP contribution in [0, 0.1) is 6.92 Å². The second-order valence-corrected chi connectivity index (χ2v) is 4.64. The minimum absolute atomic E-state index is 0.211. The molecule has 0 bridgehead atoms. The van der Waals surface area contributed by atoms with E-state index in [0.717, 1.165) is 11.3 Å². The molecule has 2 aromatic heterocycles. The Morgan fingerprint density at radius 1 is 1.33 bits per heavy atom. The van der Waals surface area contributed by atoms with Gasteiger partial charge in [-0.3, -0.25) is 4.79 Å². The van der Waals surface area contributed by atoms with E-state index >= 15 is 0 Å². The van der Waals surface area contributed by atoms with Crippen LogP contribution in [0.5, 0.6) is 0 Å². The van der Waals surface area contributed by atoms with Gasteiger partial charge in [-0.05, 0) is 19.1 Å². The molecule has 3 aromatic rings. The highest BCUT2D eigenvalue weighted by Gasteiger charge is 2.11. The van der Waals surface area contributed by atoms with E-state index in [2.05, 4.69) is 15.6 Å². The van der Waals surface area contributed by atoms with Gasteiger partial charge in [0.25, 0.3) is 5.91 Å². The third-order valence-electron chi connectivity index (χ3n) is 2.96. The second kappa shape index (κ2) is 5.62. The van der Waals surface area contributed by atoms with Crippen LogP contribution in [0.3, 0.4) is 0 Å². The van der Waals surface area contributed by atoms with E-state index < -0.39 is 0 Å². The maximum atomic E-state index is 11.8. The van der Waals surface area contributed by atoms with Gasteiger partial charge in [0.2, 0.25) is 5.76 Å². The average Bonchev–Trinajstić information content (AvgIpc) is 3.15. The van der Waals surface area contributed by atoms with Crippen LogP contribution in [-0.2, 0) is 6.54 Å². The van der Waals surface area contributed by atoms with E-state index in [1.807, 2.05) is 36.5 Å². The molecule has 1 amide bonds. The van der Waals surface area contributed by atoms with Crippen molar-refractivity contribution in [1.82, 2.24) is 20.3 Å². The molecule has 106 valence electrons. The zero-order valence-corrected chi connectivity index (χ0v) is 11.5. The summed E-state index contributed by atoms with van der Waals surface area (Å²) in [6.45, 7) is 2.15. The molecule has 6 nitrogen and oxygen atoms in total. The molecule has 0 saturated heterocycles. The molecule has 2 heterocycles. The van der Waals surface area contributed by atoms with Crippen molar-refractivity contribution in [3.8, 4) is 5.69 Å². The lowest BCUT2D eigenvalue weighted by Crippen LogP contribution is -2.22. The van der Waals surface area contributed by atoms with Gasteiger partial charge >= 0.3 is 0 Å². The Morgan fingerprint density at radius 2 is 2.14 bits per heavy atom. The number of benzene rings is 1. The predicted molar refractivity (Wildman–Crippen MR) is 76.0 cm³/mol. The summed E-state index contributed by atoms with van der Waals surface area (Å²) < 4.78 is 6.67. The number of carbonyl (C=O) groups excluding carboxylic acids is 1. The van der Waals surface area contributed by atoms with E-state index in [0.29, 0.717) is 12.2 Å². The molecular weight excluding hydrogens is 268 g/mol. The van der Waals surface area contributed by atoms with Crippen molar-refractivity contribution in [1.29, 1.82) is 0 Å². The molecule has 1 N–H and O–H groups in total. The Balaban J connectivity index is 1.64. The summed E-state index contributed by atoms with van der Waals surface area (Å²) in [5.41, 5.74) is 2.56. The largest absolute Gasteiger partial charge is 0.351 e. The van der Waals surface area contributed by atoms with Crippen molar-refractivity contribution in [3.05, 3.63) is 65.8 Å². The molecule has 0 unspecified atom stereocenters. The van der Waals surface area contributed by atoms with Crippen molar-refractivity contribution < 1.29 is 9.32 Å². The minimum Gasteiger partial charge on any atom is -0.351 e. The highest BCUT2D eigenvalue weighted by molar-refractivity contribution is 5.91. The van der Waals surface area contributed by atoms with Gasteiger partial charge in [-0.25, -0.2) is 4.68 Å². The predicted octanol–water partition coefficient (Wildman–Crippen LogP) is 2.10. The number of nitrogens with zero attached hydrogens (tertiary/aromatic N) is 3. The quantitative estimate of drug-likeness (QED) is 0.795. The standard InChI is InChI=1S/C15H14N4O2/c1-11-7-14(21-18-11)15(20)16-8-12-9-17-19(10-12)13-5-3-2-4-6-13/h2-7,9-10H,8H2,1H3,(H,16,20). The molecule has 1 aromatic carbocycles. The van der Waals surface area contributed by atoms with Gasteiger partial charge in [0.1, 0.15) is 0 Å². The van der Waals surface area contributed by atoms with Gasteiger partial charge in [-0.2, -0.15) is 5.10 Å². The molecule has 0 radical (unpaired) electrons.